The lowest BCUT2D eigenvalue weighted by molar-refractivity contribution is -0.146. The van der Waals surface area contributed by atoms with E-state index in [-0.39, 0.29) is 12.0 Å². The predicted molar refractivity (Wildman–Crippen MR) is 58.8 cm³/mol. The molecule has 0 spiro atoms. The molecule has 2 saturated heterocycles. The zero-order valence-electron chi connectivity index (χ0n) is 9.45. The van der Waals surface area contributed by atoms with Crippen LogP contribution < -0.4 is 10.8 Å². The summed E-state index contributed by atoms with van der Waals surface area (Å²) < 4.78 is 0. The molecule has 2 atom stereocenters. The number of rotatable bonds is 4. The van der Waals surface area contributed by atoms with Gasteiger partial charge in [-0.2, -0.15) is 0 Å². The minimum atomic E-state index is -0.664. The molecule has 0 aliphatic carbocycles. The fourth-order valence-corrected chi connectivity index (χ4v) is 2.65. The van der Waals surface area contributed by atoms with Gasteiger partial charge in [0.2, 0.25) is 0 Å². The summed E-state index contributed by atoms with van der Waals surface area (Å²) in [7, 11) is 0. The third-order valence-corrected chi connectivity index (χ3v) is 3.61. The summed E-state index contributed by atoms with van der Waals surface area (Å²) in [5, 5.41) is 12.6. The maximum Gasteiger partial charge on any atom is 0.306 e. The van der Waals surface area contributed by atoms with Gasteiger partial charge in [0.25, 0.3) is 0 Å². The molecular formula is C11H20N2O3. The van der Waals surface area contributed by atoms with E-state index in [1.807, 2.05) is 0 Å². The first-order valence-corrected chi connectivity index (χ1v) is 6.09. The molecule has 2 fully saturated rings. The minimum absolute atomic E-state index is 0.0796. The maximum atomic E-state index is 11.3. The number of carboxylic acids is 1. The number of hydrogen-bond acceptors (Lipinski definition) is 4. The topological polar surface area (TPSA) is 70.6 Å². The molecule has 2 unspecified atom stereocenters. The van der Waals surface area contributed by atoms with Crippen molar-refractivity contribution in [2.24, 2.45) is 11.8 Å². The highest BCUT2D eigenvalue weighted by atomic mass is 16.7. The van der Waals surface area contributed by atoms with Gasteiger partial charge in [-0.3, -0.25) is 9.63 Å². The van der Waals surface area contributed by atoms with E-state index in [4.69, 9.17) is 4.84 Å². The monoisotopic (exact) mass is 228 g/mol. The van der Waals surface area contributed by atoms with Gasteiger partial charge in [0.1, 0.15) is 0 Å². The zero-order valence-corrected chi connectivity index (χ0v) is 9.45. The third-order valence-electron chi connectivity index (χ3n) is 3.61. The Kier molecular flexibility index (Phi) is 4.15. The Bertz CT molecular complexity index is 235. The normalized spacial score (nSPS) is 29.1. The Labute approximate surface area is 95.5 Å². The molecular weight excluding hydrogens is 208 g/mol. The molecule has 5 nitrogen and oxygen atoms in total. The summed E-state index contributed by atoms with van der Waals surface area (Å²) in [6, 6.07) is 0. The van der Waals surface area contributed by atoms with Crippen LogP contribution in [0.3, 0.4) is 0 Å². The van der Waals surface area contributed by atoms with Crippen molar-refractivity contribution in [1.82, 2.24) is 10.8 Å². The van der Waals surface area contributed by atoms with Crippen LogP contribution in [0.5, 0.6) is 0 Å². The SMILES string of the molecule is O=C(O)C(CC1CCNO1)C1CCNCC1. The predicted octanol–water partition coefficient (Wildman–Crippen LogP) is 0.370. The molecule has 0 amide bonds. The standard InChI is InChI=1S/C11H20N2O3/c14-11(15)10(7-9-3-6-13-16-9)8-1-4-12-5-2-8/h8-10,12-13H,1-7H2,(H,14,15). The van der Waals surface area contributed by atoms with Gasteiger partial charge in [0, 0.05) is 6.54 Å². The Balaban J connectivity index is 1.90. The fourth-order valence-electron chi connectivity index (χ4n) is 2.65. The van der Waals surface area contributed by atoms with Crippen LogP contribution in [0.4, 0.5) is 0 Å². The molecule has 2 aliphatic heterocycles. The highest BCUT2D eigenvalue weighted by molar-refractivity contribution is 5.70. The van der Waals surface area contributed by atoms with Crippen LogP contribution in [0.25, 0.3) is 0 Å². The number of hydroxylamine groups is 1. The summed E-state index contributed by atoms with van der Waals surface area (Å²) in [4.78, 5) is 16.6. The van der Waals surface area contributed by atoms with Gasteiger partial charge in [0.15, 0.2) is 0 Å². The lowest BCUT2D eigenvalue weighted by Gasteiger charge is -2.29. The second-order valence-corrected chi connectivity index (χ2v) is 4.69. The molecule has 0 bridgehead atoms. The molecule has 92 valence electrons. The lowest BCUT2D eigenvalue weighted by Crippen LogP contribution is -2.36. The number of hydrogen-bond donors (Lipinski definition) is 3. The molecule has 0 aromatic rings. The van der Waals surface area contributed by atoms with Gasteiger partial charge in [-0.05, 0) is 44.7 Å². The fraction of sp³-hybridized carbons (Fsp3) is 0.909. The van der Waals surface area contributed by atoms with Crippen molar-refractivity contribution in [3.63, 3.8) is 0 Å². The van der Waals surface area contributed by atoms with Crippen LogP contribution in [-0.2, 0) is 9.63 Å². The molecule has 16 heavy (non-hydrogen) atoms. The summed E-state index contributed by atoms with van der Waals surface area (Å²) >= 11 is 0. The van der Waals surface area contributed by atoms with Crippen molar-refractivity contribution in [3.05, 3.63) is 0 Å². The molecule has 0 aromatic heterocycles. The van der Waals surface area contributed by atoms with Gasteiger partial charge in [-0.15, -0.1) is 0 Å². The van der Waals surface area contributed by atoms with Crippen molar-refractivity contribution < 1.29 is 14.7 Å². The summed E-state index contributed by atoms with van der Waals surface area (Å²) in [5.74, 6) is -0.600. The second-order valence-electron chi connectivity index (χ2n) is 4.69. The quantitative estimate of drug-likeness (QED) is 0.648. The van der Waals surface area contributed by atoms with E-state index >= 15 is 0 Å². The molecule has 5 heteroatoms. The summed E-state index contributed by atoms with van der Waals surface area (Å²) in [5.41, 5.74) is 2.81. The van der Waals surface area contributed by atoms with Crippen molar-refractivity contribution in [1.29, 1.82) is 0 Å². The average Bonchev–Trinajstić information content (AvgIpc) is 2.79. The van der Waals surface area contributed by atoms with E-state index in [0.717, 1.165) is 38.9 Å². The molecule has 0 saturated carbocycles. The number of carbonyl (C=O) groups is 1. The maximum absolute atomic E-state index is 11.3. The zero-order chi connectivity index (χ0) is 11.4. The van der Waals surface area contributed by atoms with Crippen LogP contribution in [-0.4, -0.2) is 36.8 Å². The smallest absolute Gasteiger partial charge is 0.306 e. The Morgan fingerprint density at radius 1 is 1.31 bits per heavy atom. The first-order chi connectivity index (χ1) is 7.77. The molecule has 3 N–H and O–H groups in total. The van der Waals surface area contributed by atoms with Crippen LogP contribution in [0.1, 0.15) is 25.7 Å². The van der Waals surface area contributed by atoms with Crippen molar-refractivity contribution in [2.45, 2.75) is 31.8 Å². The van der Waals surface area contributed by atoms with Crippen LogP contribution in [0.15, 0.2) is 0 Å². The van der Waals surface area contributed by atoms with Crippen LogP contribution in [0, 0.1) is 11.8 Å². The number of piperidine rings is 1. The van der Waals surface area contributed by atoms with Crippen LogP contribution >= 0.6 is 0 Å². The van der Waals surface area contributed by atoms with Gasteiger partial charge in [0.05, 0.1) is 12.0 Å². The third kappa shape index (κ3) is 2.93. The van der Waals surface area contributed by atoms with Crippen molar-refractivity contribution in [2.75, 3.05) is 19.6 Å². The van der Waals surface area contributed by atoms with E-state index in [2.05, 4.69) is 10.8 Å². The van der Waals surface area contributed by atoms with E-state index in [1.54, 1.807) is 0 Å². The molecule has 2 heterocycles. The van der Waals surface area contributed by atoms with Crippen molar-refractivity contribution in [3.8, 4) is 0 Å². The van der Waals surface area contributed by atoms with Gasteiger partial charge < -0.3 is 10.4 Å². The highest BCUT2D eigenvalue weighted by Gasteiger charge is 2.32. The van der Waals surface area contributed by atoms with Gasteiger partial charge >= 0.3 is 5.97 Å². The first-order valence-electron chi connectivity index (χ1n) is 6.09. The minimum Gasteiger partial charge on any atom is -0.481 e. The van der Waals surface area contributed by atoms with Gasteiger partial charge in [-0.25, -0.2) is 5.48 Å². The number of carboxylic acid groups (broad SMARTS) is 1. The largest absolute Gasteiger partial charge is 0.481 e. The Hall–Kier alpha value is -0.650. The van der Waals surface area contributed by atoms with Gasteiger partial charge in [-0.1, -0.05) is 0 Å². The Morgan fingerprint density at radius 2 is 2.06 bits per heavy atom. The second kappa shape index (κ2) is 5.61. The Morgan fingerprint density at radius 3 is 2.62 bits per heavy atom. The van der Waals surface area contributed by atoms with Crippen LogP contribution in [0.2, 0.25) is 0 Å². The number of nitrogens with one attached hydrogen (secondary N) is 2. The molecule has 0 radical (unpaired) electrons. The summed E-state index contributed by atoms with van der Waals surface area (Å²) in [6.45, 7) is 2.72. The van der Waals surface area contributed by atoms with E-state index in [9.17, 15) is 9.90 Å². The molecule has 2 aliphatic rings. The van der Waals surface area contributed by atoms with Crippen molar-refractivity contribution >= 4 is 5.97 Å². The average molecular weight is 228 g/mol. The van der Waals surface area contributed by atoms with E-state index < -0.39 is 5.97 Å². The van der Waals surface area contributed by atoms with E-state index in [0.29, 0.717) is 12.3 Å². The highest BCUT2D eigenvalue weighted by Crippen LogP contribution is 2.28. The number of aliphatic carboxylic acids is 1. The lowest BCUT2D eigenvalue weighted by atomic mass is 9.81. The first kappa shape index (κ1) is 11.8. The molecule has 2 rings (SSSR count). The molecule has 0 aromatic carbocycles. The van der Waals surface area contributed by atoms with E-state index in [1.165, 1.54) is 0 Å². The summed E-state index contributed by atoms with van der Waals surface area (Å²) in [6.07, 6.45) is 3.59.